The van der Waals surface area contributed by atoms with Crippen LogP contribution in [-0.4, -0.2) is 22.2 Å². The van der Waals surface area contributed by atoms with E-state index in [4.69, 9.17) is 9.84 Å². The smallest absolute Gasteiger partial charge is 0.340 e. The molecule has 0 aromatic heterocycles. The van der Waals surface area contributed by atoms with Gasteiger partial charge in [-0.05, 0) is 35.7 Å². The SMILES string of the molecule is CC(=O)Oc1ccc(-c2ccc(C(C)(O)C(=O)O)cc2)cc1. The molecule has 5 heteroatoms. The van der Waals surface area contributed by atoms with Crippen molar-refractivity contribution in [2.75, 3.05) is 0 Å². The van der Waals surface area contributed by atoms with Gasteiger partial charge in [-0.2, -0.15) is 0 Å². The van der Waals surface area contributed by atoms with E-state index in [-0.39, 0.29) is 5.97 Å². The number of carboxylic acid groups (broad SMARTS) is 1. The van der Waals surface area contributed by atoms with E-state index in [0.717, 1.165) is 11.1 Å². The summed E-state index contributed by atoms with van der Waals surface area (Å²) in [5.41, 5.74) is 0.134. The fraction of sp³-hybridized carbons (Fsp3) is 0.176. The minimum Gasteiger partial charge on any atom is -0.479 e. The van der Waals surface area contributed by atoms with Crippen LogP contribution < -0.4 is 4.74 Å². The van der Waals surface area contributed by atoms with Crippen LogP contribution >= 0.6 is 0 Å². The predicted octanol–water partition coefficient (Wildman–Crippen LogP) is 2.57. The first kappa shape index (κ1) is 15.7. The number of aliphatic carboxylic acids is 1. The Bertz CT molecular complexity index is 684. The molecule has 2 aromatic carbocycles. The van der Waals surface area contributed by atoms with Gasteiger partial charge in [0.15, 0.2) is 5.60 Å². The predicted molar refractivity (Wildman–Crippen MR) is 80.4 cm³/mol. The van der Waals surface area contributed by atoms with Crippen LogP contribution in [0.15, 0.2) is 48.5 Å². The highest BCUT2D eigenvalue weighted by Crippen LogP contribution is 2.26. The van der Waals surface area contributed by atoms with Gasteiger partial charge in [-0.15, -0.1) is 0 Å². The summed E-state index contributed by atoms with van der Waals surface area (Å²) >= 11 is 0. The van der Waals surface area contributed by atoms with E-state index in [1.807, 2.05) is 0 Å². The van der Waals surface area contributed by atoms with Gasteiger partial charge in [0.2, 0.25) is 0 Å². The van der Waals surface area contributed by atoms with E-state index in [9.17, 15) is 14.7 Å². The fourth-order valence-corrected chi connectivity index (χ4v) is 1.99. The fourth-order valence-electron chi connectivity index (χ4n) is 1.99. The summed E-state index contributed by atoms with van der Waals surface area (Å²) in [6.45, 7) is 2.57. The summed E-state index contributed by atoms with van der Waals surface area (Å²) in [7, 11) is 0. The van der Waals surface area contributed by atoms with Gasteiger partial charge < -0.3 is 14.9 Å². The second-order valence-electron chi connectivity index (χ2n) is 5.07. The van der Waals surface area contributed by atoms with Crippen LogP contribution in [0.5, 0.6) is 5.75 Å². The molecule has 0 fully saturated rings. The van der Waals surface area contributed by atoms with E-state index >= 15 is 0 Å². The number of aliphatic hydroxyl groups is 1. The Hall–Kier alpha value is -2.66. The number of carbonyl (C=O) groups excluding carboxylic acids is 1. The maximum atomic E-state index is 11.0. The van der Waals surface area contributed by atoms with Gasteiger partial charge in [0.25, 0.3) is 0 Å². The Balaban J connectivity index is 2.24. The van der Waals surface area contributed by atoms with Crippen LogP contribution in [0.2, 0.25) is 0 Å². The lowest BCUT2D eigenvalue weighted by atomic mass is 9.94. The molecule has 1 unspecified atom stereocenters. The molecule has 0 amide bonds. The normalized spacial score (nSPS) is 13.2. The molecule has 0 saturated heterocycles. The minimum atomic E-state index is -1.92. The van der Waals surface area contributed by atoms with E-state index in [1.165, 1.54) is 13.8 Å². The summed E-state index contributed by atoms with van der Waals surface area (Å²) in [5, 5.41) is 18.9. The molecule has 1 atom stereocenters. The first-order valence-electron chi connectivity index (χ1n) is 6.66. The molecule has 2 aromatic rings. The second kappa shape index (κ2) is 5.99. The third-order valence-electron chi connectivity index (χ3n) is 3.31. The van der Waals surface area contributed by atoms with Crippen molar-refractivity contribution in [3.05, 3.63) is 54.1 Å². The Kier molecular flexibility index (Phi) is 4.28. The zero-order chi connectivity index (χ0) is 16.3. The summed E-state index contributed by atoms with van der Waals surface area (Å²) in [6, 6.07) is 13.6. The number of carboxylic acids is 1. The van der Waals surface area contributed by atoms with Crippen molar-refractivity contribution in [2.45, 2.75) is 19.4 Å². The topological polar surface area (TPSA) is 83.8 Å². The Morgan fingerprint density at radius 2 is 1.41 bits per heavy atom. The van der Waals surface area contributed by atoms with Crippen molar-refractivity contribution >= 4 is 11.9 Å². The lowest BCUT2D eigenvalue weighted by molar-refractivity contribution is -0.157. The minimum absolute atomic E-state index is 0.306. The van der Waals surface area contributed by atoms with E-state index in [0.29, 0.717) is 11.3 Å². The summed E-state index contributed by atoms with van der Waals surface area (Å²) < 4.78 is 4.96. The monoisotopic (exact) mass is 300 g/mol. The summed E-state index contributed by atoms with van der Waals surface area (Å²) in [6.07, 6.45) is 0. The first-order chi connectivity index (χ1) is 10.3. The lowest BCUT2D eigenvalue weighted by Gasteiger charge is -2.18. The lowest BCUT2D eigenvalue weighted by Crippen LogP contribution is -2.31. The van der Waals surface area contributed by atoms with Crippen molar-refractivity contribution in [3.63, 3.8) is 0 Å². The number of ether oxygens (including phenoxy) is 1. The van der Waals surface area contributed by atoms with Gasteiger partial charge in [-0.3, -0.25) is 4.79 Å². The molecule has 2 N–H and O–H groups in total. The third kappa shape index (κ3) is 3.32. The second-order valence-corrected chi connectivity index (χ2v) is 5.07. The maximum absolute atomic E-state index is 11.0. The number of hydrogen-bond donors (Lipinski definition) is 2. The molecule has 114 valence electrons. The van der Waals surface area contributed by atoms with Crippen LogP contribution in [0.4, 0.5) is 0 Å². The molecular weight excluding hydrogens is 284 g/mol. The van der Waals surface area contributed by atoms with Gasteiger partial charge in [-0.1, -0.05) is 36.4 Å². The average molecular weight is 300 g/mol. The number of rotatable bonds is 4. The largest absolute Gasteiger partial charge is 0.479 e. The third-order valence-corrected chi connectivity index (χ3v) is 3.31. The van der Waals surface area contributed by atoms with Gasteiger partial charge in [0, 0.05) is 6.92 Å². The van der Waals surface area contributed by atoms with Crippen LogP contribution in [0, 0.1) is 0 Å². The number of esters is 1. The van der Waals surface area contributed by atoms with Gasteiger partial charge in [0.1, 0.15) is 5.75 Å². The molecule has 0 aliphatic heterocycles. The number of hydrogen-bond acceptors (Lipinski definition) is 4. The molecule has 0 spiro atoms. The first-order valence-corrected chi connectivity index (χ1v) is 6.66. The van der Waals surface area contributed by atoms with Crippen molar-refractivity contribution in [1.82, 2.24) is 0 Å². The van der Waals surface area contributed by atoms with Gasteiger partial charge >= 0.3 is 11.9 Å². The highest BCUT2D eigenvalue weighted by molar-refractivity contribution is 5.79. The van der Waals surface area contributed by atoms with Gasteiger partial charge in [-0.25, -0.2) is 4.79 Å². The number of carbonyl (C=O) groups is 2. The highest BCUT2D eigenvalue weighted by Gasteiger charge is 2.31. The average Bonchev–Trinajstić information content (AvgIpc) is 2.47. The highest BCUT2D eigenvalue weighted by atomic mass is 16.5. The zero-order valence-electron chi connectivity index (χ0n) is 12.2. The van der Waals surface area contributed by atoms with Crippen LogP contribution in [-0.2, 0) is 15.2 Å². The van der Waals surface area contributed by atoms with Gasteiger partial charge in [0.05, 0.1) is 0 Å². The van der Waals surface area contributed by atoms with E-state index in [1.54, 1.807) is 48.5 Å². The molecule has 5 nitrogen and oxygen atoms in total. The standard InChI is InChI=1S/C17H16O5/c1-11(18)22-15-9-5-13(6-10-15)12-3-7-14(8-4-12)17(2,21)16(19)20/h3-10,21H,1-2H3,(H,19,20). The molecule has 0 aliphatic rings. The van der Waals surface area contributed by atoms with Crippen LogP contribution in [0.1, 0.15) is 19.4 Å². The van der Waals surface area contributed by atoms with Crippen molar-refractivity contribution in [3.8, 4) is 16.9 Å². The Labute approximate surface area is 127 Å². The van der Waals surface area contributed by atoms with Crippen LogP contribution in [0.3, 0.4) is 0 Å². The zero-order valence-corrected chi connectivity index (χ0v) is 12.2. The van der Waals surface area contributed by atoms with E-state index in [2.05, 4.69) is 0 Å². The molecule has 22 heavy (non-hydrogen) atoms. The molecule has 0 radical (unpaired) electrons. The van der Waals surface area contributed by atoms with Crippen molar-refractivity contribution < 1.29 is 24.5 Å². The Morgan fingerprint density at radius 3 is 1.82 bits per heavy atom. The van der Waals surface area contributed by atoms with Crippen molar-refractivity contribution in [2.24, 2.45) is 0 Å². The molecule has 0 bridgehead atoms. The van der Waals surface area contributed by atoms with E-state index < -0.39 is 11.6 Å². The van der Waals surface area contributed by atoms with Crippen molar-refractivity contribution in [1.29, 1.82) is 0 Å². The summed E-state index contributed by atoms with van der Waals surface area (Å²) in [5.74, 6) is -1.22. The molecule has 0 heterocycles. The quantitative estimate of drug-likeness (QED) is 0.669. The molecule has 2 rings (SSSR count). The summed E-state index contributed by atoms with van der Waals surface area (Å²) in [4.78, 5) is 21.9. The molecule has 0 saturated carbocycles. The van der Waals surface area contributed by atoms with Crippen LogP contribution in [0.25, 0.3) is 11.1 Å². The molecular formula is C17H16O5. The number of benzene rings is 2. The molecule has 0 aliphatic carbocycles. The Morgan fingerprint density at radius 1 is 0.955 bits per heavy atom. The maximum Gasteiger partial charge on any atom is 0.340 e.